The summed E-state index contributed by atoms with van der Waals surface area (Å²) in [6, 6.07) is 29.5. The van der Waals surface area contributed by atoms with Crippen molar-refractivity contribution in [3.8, 4) is 22.7 Å². The van der Waals surface area contributed by atoms with Gasteiger partial charge in [0.2, 0.25) is 11.8 Å². The maximum Gasteiger partial charge on any atom is 0.240 e. The van der Waals surface area contributed by atoms with Crippen LogP contribution in [0, 0.1) is 6.92 Å². The van der Waals surface area contributed by atoms with Crippen molar-refractivity contribution < 1.29 is 14.3 Å². The van der Waals surface area contributed by atoms with Crippen LogP contribution >= 0.6 is 11.8 Å². The maximum absolute atomic E-state index is 13.9. The first-order valence-corrected chi connectivity index (χ1v) is 15.0. The molecule has 8 nitrogen and oxygen atoms in total. The summed E-state index contributed by atoms with van der Waals surface area (Å²) in [5.41, 5.74) is 6.51. The summed E-state index contributed by atoms with van der Waals surface area (Å²) in [7, 11) is 1.62. The molecule has 2 aromatic heterocycles. The number of thioether (sulfide) groups is 1. The lowest BCUT2D eigenvalue weighted by Crippen LogP contribution is -2.42. The molecule has 0 saturated carbocycles. The van der Waals surface area contributed by atoms with E-state index in [1.165, 1.54) is 0 Å². The number of aromatic nitrogens is 3. The Bertz CT molecular complexity index is 1740. The van der Waals surface area contributed by atoms with Crippen molar-refractivity contribution in [2.75, 3.05) is 24.3 Å². The van der Waals surface area contributed by atoms with Gasteiger partial charge in [-0.2, -0.15) is 5.10 Å². The number of hydrogen-bond donors (Lipinski definition) is 1. The van der Waals surface area contributed by atoms with Crippen LogP contribution in [0.4, 0.5) is 5.82 Å². The van der Waals surface area contributed by atoms with Gasteiger partial charge < -0.3 is 10.1 Å². The van der Waals surface area contributed by atoms with E-state index in [0.717, 1.165) is 39.2 Å². The lowest BCUT2D eigenvalue weighted by atomic mass is 9.97. The Morgan fingerprint density at radius 3 is 2.42 bits per heavy atom. The van der Waals surface area contributed by atoms with E-state index in [4.69, 9.17) is 9.84 Å². The van der Waals surface area contributed by atoms with Crippen LogP contribution in [-0.4, -0.2) is 46.0 Å². The van der Waals surface area contributed by atoms with Crippen molar-refractivity contribution in [1.82, 2.24) is 20.1 Å². The van der Waals surface area contributed by atoms with Gasteiger partial charge in [0, 0.05) is 30.1 Å². The average molecular weight is 590 g/mol. The summed E-state index contributed by atoms with van der Waals surface area (Å²) in [5.74, 6) is 1.09. The molecule has 0 aliphatic carbocycles. The highest BCUT2D eigenvalue weighted by molar-refractivity contribution is 8.00. The predicted octanol–water partition coefficient (Wildman–Crippen LogP) is 5.74. The molecular weight excluding hydrogens is 558 g/mol. The molecule has 1 aliphatic rings. The number of aryl methyl sites for hydroxylation is 1. The molecule has 2 amide bonds. The minimum absolute atomic E-state index is 0.145. The van der Waals surface area contributed by atoms with E-state index >= 15 is 0 Å². The highest BCUT2D eigenvalue weighted by Gasteiger charge is 2.38. The van der Waals surface area contributed by atoms with Gasteiger partial charge in [0.1, 0.15) is 18.1 Å². The number of carbonyl (C=O) groups is 2. The van der Waals surface area contributed by atoms with E-state index in [1.807, 2.05) is 78.9 Å². The van der Waals surface area contributed by atoms with Crippen molar-refractivity contribution in [3.05, 3.63) is 126 Å². The van der Waals surface area contributed by atoms with Gasteiger partial charge >= 0.3 is 0 Å². The first-order valence-electron chi connectivity index (χ1n) is 14.0. The lowest BCUT2D eigenvalue weighted by Gasteiger charge is -2.23. The quantitative estimate of drug-likeness (QED) is 0.249. The summed E-state index contributed by atoms with van der Waals surface area (Å²) in [5, 5.41) is 7.93. The number of methoxy groups -OCH3 is 1. The molecule has 0 radical (unpaired) electrons. The van der Waals surface area contributed by atoms with Gasteiger partial charge in [0.05, 0.1) is 29.5 Å². The van der Waals surface area contributed by atoms with Crippen molar-refractivity contribution in [2.24, 2.45) is 0 Å². The molecule has 1 atom stereocenters. The van der Waals surface area contributed by atoms with Gasteiger partial charge in [0.25, 0.3) is 0 Å². The zero-order valence-electron chi connectivity index (χ0n) is 23.9. The van der Waals surface area contributed by atoms with Crippen LogP contribution in [0.2, 0.25) is 0 Å². The minimum atomic E-state index is -0.265. The number of carbonyl (C=O) groups excluding carboxylic acids is 2. The van der Waals surface area contributed by atoms with Gasteiger partial charge in [-0.25, -0.2) is 4.68 Å². The number of nitrogens with one attached hydrogen (secondary N) is 1. The van der Waals surface area contributed by atoms with Gasteiger partial charge in [-0.15, -0.1) is 11.8 Å². The Kier molecular flexibility index (Phi) is 8.24. The Balaban J connectivity index is 1.52. The number of hydrogen-bond acceptors (Lipinski definition) is 6. The fourth-order valence-corrected chi connectivity index (χ4v) is 6.55. The Morgan fingerprint density at radius 1 is 0.977 bits per heavy atom. The number of fused-ring (bicyclic) bond motifs is 1. The smallest absolute Gasteiger partial charge is 0.240 e. The normalized spacial score (nSPS) is 14.6. The van der Waals surface area contributed by atoms with Crippen LogP contribution in [-0.2, 0) is 16.1 Å². The van der Waals surface area contributed by atoms with Gasteiger partial charge in [-0.3, -0.25) is 19.5 Å². The number of rotatable bonds is 8. The molecule has 0 spiro atoms. The Labute approximate surface area is 254 Å². The number of amides is 2. The van der Waals surface area contributed by atoms with Crippen molar-refractivity contribution >= 4 is 29.4 Å². The molecular formula is C34H31N5O3S. The number of ether oxygens (including phenoxy) is 1. The third-order valence-electron chi connectivity index (χ3n) is 7.46. The SMILES string of the molecule is COc1ccc(-n2nc(-c3ccccc3)c3c2N(CC(=O)NCc2ccncc2)C(=O)CSC3c2ccccc2C)cc1. The average Bonchev–Trinajstić information content (AvgIpc) is 3.38. The van der Waals surface area contributed by atoms with E-state index in [1.54, 1.807) is 40.8 Å². The topological polar surface area (TPSA) is 89.3 Å². The van der Waals surface area contributed by atoms with Crippen LogP contribution in [0.1, 0.15) is 27.5 Å². The number of pyridine rings is 1. The zero-order chi connectivity index (χ0) is 29.8. The van der Waals surface area contributed by atoms with E-state index < -0.39 is 0 Å². The molecule has 3 heterocycles. The van der Waals surface area contributed by atoms with Crippen LogP contribution in [0.5, 0.6) is 5.75 Å². The summed E-state index contributed by atoms with van der Waals surface area (Å²) in [6.45, 7) is 2.28. The standard InChI is InChI=1S/C34H31N5O3S/c1-23-8-6-7-11-28(23)33-31-32(25-9-4-3-5-10-25)37-39(26-12-14-27(42-2)15-13-26)34(31)38(30(41)22-43-33)21-29(40)36-20-24-16-18-35-19-17-24/h3-19,33H,20-22H2,1-2H3,(H,36,40). The Morgan fingerprint density at radius 2 is 1.70 bits per heavy atom. The second kappa shape index (κ2) is 12.5. The fourth-order valence-electron chi connectivity index (χ4n) is 5.26. The van der Waals surface area contributed by atoms with Crippen LogP contribution in [0.15, 0.2) is 103 Å². The van der Waals surface area contributed by atoms with Crippen molar-refractivity contribution in [3.63, 3.8) is 0 Å². The largest absolute Gasteiger partial charge is 0.497 e. The maximum atomic E-state index is 13.9. The molecule has 3 aromatic carbocycles. The molecule has 1 unspecified atom stereocenters. The van der Waals surface area contributed by atoms with Gasteiger partial charge in [-0.1, -0.05) is 54.6 Å². The number of nitrogens with zero attached hydrogens (tertiary/aromatic N) is 4. The highest BCUT2D eigenvalue weighted by Crippen LogP contribution is 2.49. The third kappa shape index (κ3) is 5.89. The number of anilines is 1. The number of benzene rings is 3. The Hall–Kier alpha value is -4.89. The molecule has 0 saturated heterocycles. The van der Waals surface area contributed by atoms with Crippen LogP contribution < -0.4 is 15.0 Å². The van der Waals surface area contributed by atoms with E-state index in [0.29, 0.717) is 18.1 Å². The third-order valence-corrected chi connectivity index (χ3v) is 8.70. The molecule has 1 aliphatic heterocycles. The second-order valence-electron chi connectivity index (χ2n) is 10.2. The molecule has 216 valence electrons. The van der Waals surface area contributed by atoms with Gasteiger partial charge in [-0.05, 0) is 60.0 Å². The fraction of sp³-hybridized carbons (Fsp3) is 0.176. The summed E-state index contributed by atoms with van der Waals surface area (Å²) in [4.78, 5) is 33.0. The predicted molar refractivity (Wildman–Crippen MR) is 169 cm³/mol. The summed E-state index contributed by atoms with van der Waals surface area (Å²) in [6.07, 6.45) is 3.38. The monoisotopic (exact) mass is 589 g/mol. The summed E-state index contributed by atoms with van der Waals surface area (Å²) < 4.78 is 7.19. The second-order valence-corrected chi connectivity index (χ2v) is 11.3. The summed E-state index contributed by atoms with van der Waals surface area (Å²) >= 11 is 1.56. The van der Waals surface area contributed by atoms with E-state index in [-0.39, 0.29) is 29.4 Å². The lowest BCUT2D eigenvalue weighted by molar-refractivity contribution is -0.123. The van der Waals surface area contributed by atoms with E-state index in [2.05, 4.69) is 29.4 Å². The molecule has 43 heavy (non-hydrogen) atoms. The van der Waals surface area contributed by atoms with Crippen LogP contribution in [0.25, 0.3) is 16.9 Å². The van der Waals surface area contributed by atoms with Crippen molar-refractivity contribution in [1.29, 1.82) is 0 Å². The van der Waals surface area contributed by atoms with Crippen molar-refractivity contribution in [2.45, 2.75) is 18.7 Å². The molecule has 6 rings (SSSR count). The molecule has 5 aromatic rings. The molecule has 9 heteroatoms. The highest BCUT2D eigenvalue weighted by atomic mass is 32.2. The molecule has 1 N–H and O–H groups in total. The van der Waals surface area contributed by atoms with Crippen LogP contribution in [0.3, 0.4) is 0 Å². The van der Waals surface area contributed by atoms with E-state index in [9.17, 15) is 9.59 Å². The van der Waals surface area contributed by atoms with Gasteiger partial charge in [0.15, 0.2) is 0 Å². The first kappa shape index (κ1) is 28.2. The molecule has 0 bridgehead atoms. The first-order chi connectivity index (χ1) is 21.0. The molecule has 0 fully saturated rings. The minimum Gasteiger partial charge on any atom is -0.497 e. The zero-order valence-corrected chi connectivity index (χ0v) is 24.8.